The maximum absolute atomic E-state index is 11.9. The van der Waals surface area contributed by atoms with E-state index in [2.05, 4.69) is 15.6 Å². The molecule has 1 aliphatic heterocycles. The number of aliphatic imine (C=N–C) groups is 1. The van der Waals surface area contributed by atoms with Crippen molar-refractivity contribution in [3.8, 4) is 0 Å². The fourth-order valence-electron chi connectivity index (χ4n) is 1.92. The van der Waals surface area contributed by atoms with Gasteiger partial charge in [-0.25, -0.2) is 4.99 Å². The number of rotatable bonds is 6. The lowest BCUT2D eigenvalue weighted by atomic mass is 10.1. The molecule has 0 aliphatic carbocycles. The summed E-state index contributed by atoms with van der Waals surface area (Å²) in [5.74, 6) is 0.760. The highest BCUT2D eigenvalue weighted by Crippen LogP contribution is 2.07. The summed E-state index contributed by atoms with van der Waals surface area (Å²) in [5, 5.41) is 6.34. The minimum absolute atomic E-state index is 0.103. The molecule has 1 fully saturated rings. The Balaban J connectivity index is 2.47. The first kappa shape index (κ1) is 16.8. The number of amides is 1. The maximum atomic E-state index is 11.9. The van der Waals surface area contributed by atoms with Gasteiger partial charge in [0.2, 0.25) is 5.91 Å². The summed E-state index contributed by atoms with van der Waals surface area (Å²) in [5.41, 5.74) is -0.269. The van der Waals surface area contributed by atoms with Gasteiger partial charge in [-0.1, -0.05) is 0 Å². The zero-order chi connectivity index (χ0) is 15.0. The standard InChI is InChI=1S/C14H28N4O2/c1-5-15-13(17-11-14(2,3)20-4)16-10-12(19)18-8-6-7-9-18/h5-11H2,1-4H3,(H2,15,16,17). The molecular formula is C14H28N4O2. The molecule has 0 unspecified atom stereocenters. The predicted octanol–water partition coefficient (Wildman–Crippen LogP) is 0.589. The Morgan fingerprint density at radius 2 is 1.95 bits per heavy atom. The summed E-state index contributed by atoms with van der Waals surface area (Å²) < 4.78 is 5.35. The van der Waals surface area contributed by atoms with Gasteiger partial charge in [0.25, 0.3) is 0 Å². The van der Waals surface area contributed by atoms with Crippen molar-refractivity contribution in [3.05, 3.63) is 0 Å². The molecule has 0 aromatic carbocycles. The third-order valence-corrected chi connectivity index (χ3v) is 3.41. The molecular weight excluding hydrogens is 256 g/mol. The molecule has 1 amide bonds. The molecule has 20 heavy (non-hydrogen) atoms. The second-order valence-corrected chi connectivity index (χ2v) is 5.60. The lowest BCUT2D eigenvalue weighted by molar-refractivity contribution is -0.128. The minimum Gasteiger partial charge on any atom is -0.377 e. The van der Waals surface area contributed by atoms with Crippen molar-refractivity contribution in [2.45, 2.75) is 39.2 Å². The number of carbonyl (C=O) groups excluding carboxylic acids is 1. The number of nitrogens with zero attached hydrogens (tertiary/aromatic N) is 2. The molecule has 0 aromatic heterocycles. The highest BCUT2D eigenvalue weighted by atomic mass is 16.5. The summed E-state index contributed by atoms with van der Waals surface area (Å²) in [6.45, 7) is 9.33. The van der Waals surface area contributed by atoms with E-state index in [1.165, 1.54) is 0 Å². The van der Waals surface area contributed by atoms with Gasteiger partial charge < -0.3 is 20.3 Å². The Bertz CT molecular complexity index is 336. The van der Waals surface area contributed by atoms with Crippen LogP contribution in [-0.4, -0.2) is 62.2 Å². The average Bonchev–Trinajstić information content (AvgIpc) is 2.96. The Morgan fingerprint density at radius 3 is 2.50 bits per heavy atom. The van der Waals surface area contributed by atoms with Gasteiger partial charge in [0.15, 0.2) is 5.96 Å². The van der Waals surface area contributed by atoms with Gasteiger partial charge in [-0.05, 0) is 33.6 Å². The molecule has 1 heterocycles. The second kappa shape index (κ2) is 8.09. The average molecular weight is 284 g/mol. The fourth-order valence-corrected chi connectivity index (χ4v) is 1.92. The highest BCUT2D eigenvalue weighted by molar-refractivity contribution is 5.85. The monoisotopic (exact) mass is 284 g/mol. The maximum Gasteiger partial charge on any atom is 0.244 e. The topological polar surface area (TPSA) is 66.0 Å². The van der Waals surface area contributed by atoms with E-state index >= 15 is 0 Å². The third-order valence-electron chi connectivity index (χ3n) is 3.41. The number of ether oxygens (including phenoxy) is 1. The largest absolute Gasteiger partial charge is 0.377 e. The molecule has 0 aromatic rings. The van der Waals surface area contributed by atoms with E-state index in [1.54, 1.807) is 7.11 Å². The van der Waals surface area contributed by atoms with Crippen LogP contribution in [0, 0.1) is 0 Å². The number of hydrogen-bond donors (Lipinski definition) is 2. The van der Waals surface area contributed by atoms with E-state index in [9.17, 15) is 4.79 Å². The van der Waals surface area contributed by atoms with E-state index in [0.29, 0.717) is 12.5 Å². The molecule has 0 spiro atoms. The van der Waals surface area contributed by atoms with Gasteiger partial charge in [-0.2, -0.15) is 0 Å². The third kappa shape index (κ3) is 5.77. The molecule has 116 valence electrons. The van der Waals surface area contributed by atoms with Gasteiger partial charge in [0.1, 0.15) is 6.54 Å². The van der Waals surface area contributed by atoms with Gasteiger partial charge in [-0.15, -0.1) is 0 Å². The Labute approximate surface area is 122 Å². The number of carbonyl (C=O) groups is 1. The van der Waals surface area contributed by atoms with Crippen LogP contribution in [0.5, 0.6) is 0 Å². The Hall–Kier alpha value is -1.30. The van der Waals surface area contributed by atoms with Crippen molar-refractivity contribution in [2.24, 2.45) is 4.99 Å². The first-order chi connectivity index (χ1) is 9.48. The first-order valence-electron chi connectivity index (χ1n) is 7.33. The number of nitrogens with one attached hydrogen (secondary N) is 2. The molecule has 6 nitrogen and oxygen atoms in total. The van der Waals surface area contributed by atoms with Crippen LogP contribution in [0.3, 0.4) is 0 Å². The zero-order valence-electron chi connectivity index (χ0n) is 13.2. The zero-order valence-corrected chi connectivity index (χ0v) is 13.2. The van der Waals surface area contributed by atoms with Gasteiger partial charge in [-0.3, -0.25) is 4.79 Å². The van der Waals surface area contributed by atoms with E-state index in [-0.39, 0.29) is 18.1 Å². The molecule has 0 radical (unpaired) electrons. The fraction of sp³-hybridized carbons (Fsp3) is 0.857. The molecule has 0 atom stereocenters. The lowest BCUT2D eigenvalue weighted by Gasteiger charge is -2.24. The summed E-state index contributed by atoms with van der Waals surface area (Å²) in [4.78, 5) is 18.2. The second-order valence-electron chi connectivity index (χ2n) is 5.60. The molecule has 1 saturated heterocycles. The number of methoxy groups -OCH3 is 1. The SMILES string of the molecule is CCNC(=NCC(=O)N1CCCC1)NCC(C)(C)OC. The van der Waals surface area contributed by atoms with E-state index in [0.717, 1.165) is 32.5 Å². The normalized spacial score (nSPS) is 16.4. The lowest BCUT2D eigenvalue weighted by Crippen LogP contribution is -2.45. The molecule has 6 heteroatoms. The molecule has 1 aliphatic rings. The van der Waals surface area contributed by atoms with Crippen molar-refractivity contribution in [1.29, 1.82) is 0 Å². The highest BCUT2D eigenvalue weighted by Gasteiger charge is 2.18. The first-order valence-corrected chi connectivity index (χ1v) is 7.33. The molecule has 1 rings (SSSR count). The van der Waals surface area contributed by atoms with Crippen molar-refractivity contribution >= 4 is 11.9 Å². The quantitative estimate of drug-likeness (QED) is 0.553. The molecule has 2 N–H and O–H groups in total. The van der Waals surface area contributed by atoms with E-state index < -0.39 is 0 Å². The smallest absolute Gasteiger partial charge is 0.244 e. The van der Waals surface area contributed by atoms with E-state index in [4.69, 9.17) is 4.74 Å². The van der Waals surface area contributed by atoms with Crippen LogP contribution in [-0.2, 0) is 9.53 Å². The van der Waals surface area contributed by atoms with Crippen LogP contribution < -0.4 is 10.6 Å². The van der Waals surface area contributed by atoms with Gasteiger partial charge in [0.05, 0.1) is 5.60 Å². The minimum atomic E-state index is -0.269. The van der Waals surface area contributed by atoms with Crippen LogP contribution in [0.25, 0.3) is 0 Å². The van der Waals surface area contributed by atoms with Crippen molar-refractivity contribution in [2.75, 3.05) is 39.8 Å². The van der Waals surface area contributed by atoms with Crippen LogP contribution in [0.4, 0.5) is 0 Å². The predicted molar refractivity (Wildman–Crippen MR) is 80.9 cm³/mol. The van der Waals surface area contributed by atoms with Crippen LogP contribution >= 0.6 is 0 Å². The summed E-state index contributed by atoms with van der Waals surface area (Å²) in [7, 11) is 1.68. The van der Waals surface area contributed by atoms with Crippen molar-refractivity contribution in [1.82, 2.24) is 15.5 Å². The van der Waals surface area contributed by atoms with Crippen LogP contribution in [0.2, 0.25) is 0 Å². The molecule has 0 saturated carbocycles. The summed E-state index contributed by atoms with van der Waals surface area (Å²) in [6, 6.07) is 0. The van der Waals surface area contributed by atoms with Crippen molar-refractivity contribution < 1.29 is 9.53 Å². The van der Waals surface area contributed by atoms with Crippen LogP contribution in [0.1, 0.15) is 33.6 Å². The summed E-state index contributed by atoms with van der Waals surface area (Å²) >= 11 is 0. The summed E-state index contributed by atoms with van der Waals surface area (Å²) in [6.07, 6.45) is 2.21. The molecule has 0 bridgehead atoms. The number of hydrogen-bond acceptors (Lipinski definition) is 3. The van der Waals surface area contributed by atoms with E-state index in [1.807, 2.05) is 25.7 Å². The number of guanidine groups is 1. The van der Waals surface area contributed by atoms with Gasteiger partial charge >= 0.3 is 0 Å². The van der Waals surface area contributed by atoms with Crippen molar-refractivity contribution in [3.63, 3.8) is 0 Å². The number of likely N-dealkylation sites (tertiary alicyclic amines) is 1. The Morgan fingerprint density at radius 1 is 1.30 bits per heavy atom. The van der Waals surface area contributed by atoms with Crippen LogP contribution in [0.15, 0.2) is 4.99 Å². The Kier molecular flexibility index (Phi) is 6.78. The van der Waals surface area contributed by atoms with Gasteiger partial charge in [0, 0.05) is 33.3 Å².